The fourth-order valence-electron chi connectivity index (χ4n) is 2.83. The average molecular weight is 430 g/mol. The van der Waals surface area contributed by atoms with Crippen LogP contribution in [0.1, 0.15) is 96.0 Å². The second-order valence-electron chi connectivity index (χ2n) is 7.53. The lowest BCUT2D eigenvalue weighted by Gasteiger charge is -2.14. The van der Waals surface area contributed by atoms with Crippen molar-refractivity contribution in [3.63, 3.8) is 0 Å². The van der Waals surface area contributed by atoms with Crippen molar-refractivity contribution in [2.45, 2.75) is 97.9 Å². The van der Waals surface area contributed by atoms with Crippen LogP contribution in [0.4, 0.5) is 9.18 Å². The molecule has 0 fully saturated rings. The number of esters is 1. The molecule has 1 aromatic rings. The van der Waals surface area contributed by atoms with Crippen LogP contribution in [-0.2, 0) is 14.2 Å². The zero-order valence-corrected chi connectivity index (χ0v) is 18.6. The maximum Gasteiger partial charge on any atom is 0.511 e. The van der Waals surface area contributed by atoms with Crippen LogP contribution in [0.25, 0.3) is 0 Å². The maximum atomic E-state index is 14.4. The number of hydrogen-bond acceptors (Lipinski definition) is 6. The lowest BCUT2D eigenvalue weighted by atomic mass is 10.1. The minimum absolute atomic E-state index is 0.0331. The van der Waals surface area contributed by atoms with Gasteiger partial charge in [0.15, 0.2) is 17.3 Å². The van der Waals surface area contributed by atoms with Gasteiger partial charge in [-0.1, -0.05) is 58.3 Å². The van der Waals surface area contributed by atoms with E-state index in [-0.39, 0.29) is 17.5 Å². The van der Waals surface area contributed by atoms with Crippen molar-refractivity contribution in [2.75, 3.05) is 6.61 Å². The molecule has 8 heteroatoms. The van der Waals surface area contributed by atoms with Crippen molar-refractivity contribution in [3.05, 3.63) is 17.7 Å². The number of carbonyl (C=O) groups excluding carboxylic acids is 2. The molecule has 1 heterocycles. The number of rotatable bonds is 15. The molecule has 1 aromatic heterocycles. The summed E-state index contributed by atoms with van der Waals surface area (Å²) in [5.41, 5.74) is -0.384. The Balaban J connectivity index is 2.28. The summed E-state index contributed by atoms with van der Waals surface area (Å²) in [6, 6.07) is 0. The molecule has 0 amide bonds. The molecule has 1 unspecified atom stereocenters. The number of carbonyl (C=O) groups is 2. The quantitative estimate of drug-likeness (QED) is 0.205. The first-order valence-electron chi connectivity index (χ1n) is 10.9. The fourth-order valence-corrected chi connectivity index (χ4v) is 2.83. The lowest BCUT2D eigenvalue weighted by Crippen LogP contribution is -2.24. The molecule has 172 valence electrons. The minimum Gasteiger partial charge on any atom is -0.489 e. The van der Waals surface area contributed by atoms with Gasteiger partial charge in [-0.25, -0.2) is 14.0 Å². The third-order valence-electron chi connectivity index (χ3n) is 4.36. The van der Waals surface area contributed by atoms with Gasteiger partial charge in [0.05, 0.1) is 12.7 Å². The van der Waals surface area contributed by atoms with Gasteiger partial charge in [0.2, 0.25) is 6.29 Å². The molecule has 1 N–H and O–H groups in total. The standard InChI is InChI=1S/C22H36FNO6/c1-5-6-7-8-9-10-11-12-13-14-27-18-15-24-20(19(18)23)21(25)29-17(4)30-22(26)28-16(2)3/h15-17,24H,5-14H2,1-4H3. The molecule has 1 rings (SSSR count). The zero-order chi connectivity index (χ0) is 22.4. The number of hydrogen-bond donors (Lipinski definition) is 1. The van der Waals surface area contributed by atoms with Crippen LogP contribution in [-0.4, -0.2) is 36.1 Å². The number of ether oxygens (including phenoxy) is 4. The summed E-state index contributed by atoms with van der Waals surface area (Å²) in [6.07, 6.45) is 9.33. The molecule has 0 aromatic carbocycles. The van der Waals surface area contributed by atoms with E-state index in [1.54, 1.807) is 13.8 Å². The van der Waals surface area contributed by atoms with Crippen molar-refractivity contribution in [1.82, 2.24) is 4.98 Å². The second-order valence-corrected chi connectivity index (χ2v) is 7.53. The molecule has 1 atom stereocenters. The van der Waals surface area contributed by atoms with Crippen molar-refractivity contribution < 1.29 is 32.9 Å². The van der Waals surface area contributed by atoms with E-state index in [1.165, 1.54) is 51.6 Å². The van der Waals surface area contributed by atoms with Crippen molar-refractivity contribution in [2.24, 2.45) is 0 Å². The lowest BCUT2D eigenvalue weighted by molar-refractivity contribution is -0.0870. The van der Waals surface area contributed by atoms with E-state index >= 15 is 0 Å². The Labute approximate surface area is 178 Å². The van der Waals surface area contributed by atoms with Crippen LogP contribution in [0.5, 0.6) is 5.75 Å². The smallest absolute Gasteiger partial charge is 0.489 e. The van der Waals surface area contributed by atoms with Crippen LogP contribution in [0.3, 0.4) is 0 Å². The van der Waals surface area contributed by atoms with Crippen LogP contribution in [0, 0.1) is 5.82 Å². The molecule has 0 bridgehead atoms. The Morgan fingerprint density at radius 3 is 2.13 bits per heavy atom. The summed E-state index contributed by atoms with van der Waals surface area (Å²) in [5, 5.41) is 0. The Bertz CT molecular complexity index is 631. The number of nitrogens with one attached hydrogen (secondary N) is 1. The fraction of sp³-hybridized carbons (Fsp3) is 0.727. The first-order valence-corrected chi connectivity index (χ1v) is 10.9. The predicted molar refractivity (Wildman–Crippen MR) is 111 cm³/mol. The van der Waals surface area contributed by atoms with Gasteiger partial charge in [0.1, 0.15) is 0 Å². The Morgan fingerprint density at radius 1 is 0.933 bits per heavy atom. The van der Waals surface area contributed by atoms with Crippen molar-refractivity contribution in [1.29, 1.82) is 0 Å². The average Bonchev–Trinajstić information content (AvgIpc) is 3.03. The van der Waals surface area contributed by atoms with Gasteiger partial charge in [-0.2, -0.15) is 0 Å². The molecule has 0 spiro atoms. The van der Waals surface area contributed by atoms with Crippen LogP contribution in [0.2, 0.25) is 0 Å². The molecule has 0 saturated carbocycles. The topological polar surface area (TPSA) is 86.9 Å². The molecule has 7 nitrogen and oxygen atoms in total. The minimum atomic E-state index is -1.22. The molecule has 0 aliphatic rings. The first-order chi connectivity index (χ1) is 14.3. The summed E-state index contributed by atoms with van der Waals surface area (Å²) in [7, 11) is 0. The third kappa shape index (κ3) is 10.5. The normalized spacial score (nSPS) is 11.9. The highest BCUT2D eigenvalue weighted by atomic mass is 19.1. The first kappa shape index (κ1) is 25.8. The molecule has 0 radical (unpaired) electrons. The van der Waals surface area contributed by atoms with Crippen molar-refractivity contribution >= 4 is 12.1 Å². The van der Waals surface area contributed by atoms with E-state index in [2.05, 4.69) is 11.9 Å². The van der Waals surface area contributed by atoms with E-state index in [0.717, 1.165) is 19.3 Å². The zero-order valence-electron chi connectivity index (χ0n) is 18.6. The van der Waals surface area contributed by atoms with Gasteiger partial charge < -0.3 is 23.9 Å². The number of aromatic nitrogens is 1. The summed E-state index contributed by atoms with van der Waals surface area (Å²) < 4.78 is 34.2. The molecule has 0 aliphatic carbocycles. The highest BCUT2D eigenvalue weighted by Gasteiger charge is 2.23. The monoisotopic (exact) mass is 429 g/mol. The van der Waals surface area contributed by atoms with Gasteiger partial charge in [0.25, 0.3) is 0 Å². The van der Waals surface area contributed by atoms with E-state index in [4.69, 9.17) is 18.9 Å². The van der Waals surface area contributed by atoms with E-state index < -0.39 is 24.2 Å². The van der Waals surface area contributed by atoms with E-state index in [0.29, 0.717) is 6.61 Å². The summed E-state index contributed by atoms with van der Waals surface area (Å²) in [5.74, 6) is -1.85. The number of H-pyrrole nitrogens is 1. The predicted octanol–water partition coefficient (Wildman–Crippen LogP) is 6.13. The highest BCUT2D eigenvalue weighted by Crippen LogP contribution is 2.22. The molecular formula is C22H36FNO6. The SMILES string of the molecule is CCCCCCCCCCCOc1c[nH]c(C(=O)OC(C)OC(=O)OC(C)C)c1F. The molecular weight excluding hydrogens is 393 g/mol. The molecule has 0 saturated heterocycles. The number of unbranched alkanes of at least 4 members (excludes halogenated alkanes) is 8. The van der Waals surface area contributed by atoms with Gasteiger partial charge >= 0.3 is 12.1 Å². The summed E-state index contributed by atoms with van der Waals surface area (Å²) in [6.45, 7) is 7.23. The Kier molecular flexibility index (Phi) is 12.6. The Morgan fingerprint density at radius 2 is 1.53 bits per heavy atom. The van der Waals surface area contributed by atoms with Crippen LogP contribution < -0.4 is 4.74 Å². The van der Waals surface area contributed by atoms with Crippen LogP contribution >= 0.6 is 0 Å². The summed E-state index contributed by atoms with van der Waals surface area (Å²) >= 11 is 0. The van der Waals surface area contributed by atoms with Gasteiger partial charge in [0, 0.05) is 13.1 Å². The largest absolute Gasteiger partial charge is 0.511 e. The van der Waals surface area contributed by atoms with Gasteiger partial charge in [-0.15, -0.1) is 0 Å². The van der Waals surface area contributed by atoms with Crippen molar-refractivity contribution in [3.8, 4) is 5.75 Å². The van der Waals surface area contributed by atoms with Crippen LogP contribution in [0.15, 0.2) is 6.20 Å². The second kappa shape index (κ2) is 14.7. The van der Waals surface area contributed by atoms with Gasteiger partial charge in [-0.3, -0.25) is 0 Å². The number of aromatic amines is 1. The van der Waals surface area contributed by atoms with Gasteiger partial charge in [-0.05, 0) is 20.3 Å². The number of halogens is 1. The molecule has 30 heavy (non-hydrogen) atoms. The third-order valence-corrected chi connectivity index (χ3v) is 4.36. The van der Waals surface area contributed by atoms with E-state index in [9.17, 15) is 14.0 Å². The highest BCUT2D eigenvalue weighted by molar-refractivity contribution is 5.88. The molecule has 0 aliphatic heterocycles. The Hall–Kier alpha value is -2.25. The maximum absolute atomic E-state index is 14.4. The van der Waals surface area contributed by atoms with E-state index in [1.807, 2.05) is 0 Å². The summed E-state index contributed by atoms with van der Waals surface area (Å²) in [4.78, 5) is 25.9.